The van der Waals surface area contributed by atoms with Gasteiger partial charge in [0.25, 0.3) is 0 Å². The first kappa shape index (κ1) is 22.3. The van der Waals surface area contributed by atoms with Crippen LogP contribution in [0.1, 0.15) is 69.1 Å². The van der Waals surface area contributed by atoms with Crippen LogP contribution < -0.4 is 14.8 Å². The van der Waals surface area contributed by atoms with Crippen LogP contribution >= 0.6 is 15.9 Å². The average Bonchev–Trinajstić information content (AvgIpc) is 2.70. The Labute approximate surface area is 201 Å². The Bertz CT molecular complexity index is 1000. The summed E-state index contributed by atoms with van der Waals surface area (Å²) >= 11 is 3.81. The first-order chi connectivity index (χ1) is 15.2. The molecule has 2 unspecified atom stereocenters. The second kappa shape index (κ2) is 8.06. The maximum absolute atomic E-state index is 6.16. The largest absolute Gasteiger partial charge is 0.493 e. The lowest BCUT2D eigenvalue weighted by atomic mass is 9.43. The summed E-state index contributed by atoms with van der Waals surface area (Å²) in [6, 6.07) is 12.5. The zero-order valence-electron chi connectivity index (χ0n) is 19.9. The first-order valence-corrected chi connectivity index (χ1v) is 12.8. The molecule has 4 aliphatic carbocycles. The number of ether oxygens (including phenoxy) is 2. The SMILES string of the molecule is COc1cc(CNC23CC4CC(C)(CC(C)(C4)C2)C3)c(Br)cc1OCc1ccccc1C. The van der Waals surface area contributed by atoms with Gasteiger partial charge in [-0.15, -0.1) is 0 Å². The molecule has 4 aliphatic rings. The predicted octanol–water partition coefficient (Wildman–Crippen LogP) is 7.18. The Morgan fingerprint density at radius 1 is 0.969 bits per heavy atom. The van der Waals surface area contributed by atoms with Crippen LogP contribution in [0.3, 0.4) is 0 Å². The molecule has 3 nitrogen and oxygen atoms in total. The molecule has 2 aromatic carbocycles. The van der Waals surface area contributed by atoms with Crippen molar-refractivity contribution >= 4 is 15.9 Å². The Hall–Kier alpha value is -1.52. The Morgan fingerprint density at radius 3 is 2.34 bits per heavy atom. The molecule has 0 radical (unpaired) electrons. The van der Waals surface area contributed by atoms with Crippen LogP contribution in [0.4, 0.5) is 0 Å². The van der Waals surface area contributed by atoms with E-state index in [1.807, 2.05) is 0 Å². The van der Waals surface area contributed by atoms with E-state index in [9.17, 15) is 0 Å². The lowest BCUT2D eigenvalue weighted by Crippen LogP contribution is -2.63. The first-order valence-electron chi connectivity index (χ1n) is 12.0. The summed E-state index contributed by atoms with van der Waals surface area (Å²) in [7, 11) is 1.72. The number of hydrogen-bond donors (Lipinski definition) is 1. The van der Waals surface area contributed by atoms with Crippen LogP contribution in [-0.4, -0.2) is 12.6 Å². The summed E-state index contributed by atoms with van der Waals surface area (Å²) < 4.78 is 13.0. The minimum absolute atomic E-state index is 0.287. The average molecular weight is 499 g/mol. The number of halogens is 1. The summed E-state index contributed by atoms with van der Waals surface area (Å²) in [5.41, 5.74) is 4.99. The van der Waals surface area contributed by atoms with Crippen molar-refractivity contribution < 1.29 is 9.47 Å². The second-order valence-electron chi connectivity index (χ2n) is 11.6. The van der Waals surface area contributed by atoms with Crippen LogP contribution in [0.25, 0.3) is 0 Å². The fourth-order valence-electron chi connectivity index (χ4n) is 7.84. The molecule has 0 spiro atoms. The third-order valence-corrected chi connectivity index (χ3v) is 9.00. The van der Waals surface area contributed by atoms with Crippen LogP contribution in [-0.2, 0) is 13.2 Å². The number of aryl methyl sites for hydroxylation is 1. The summed E-state index contributed by atoms with van der Waals surface area (Å²) in [5.74, 6) is 2.47. The van der Waals surface area contributed by atoms with Gasteiger partial charge in [-0.3, -0.25) is 0 Å². The molecule has 0 saturated heterocycles. The molecule has 4 fully saturated rings. The maximum atomic E-state index is 6.16. The van der Waals surface area contributed by atoms with Crippen molar-refractivity contribution in [2.75, 3.05) is 7.11 Å². The highest BCUT2D eigenvalue weighted by molar-refractivity contribution is 9.10. The van der Waals surface area contributed by atoms with Crippen LogP contribution in [0, 0.1) is 23.7 Å². The van der Waals surface area contributed by atoms with E-state index in [0.717, 1.165) is 28.4 Å². The van der Waals surface area contributed by atoms with Crippen molar-refractivity contribution in [3.63, 3.8) is 0 Å². The van der Waals surface area contributed by atoms with E-state index < -0.39 is 0 Å². The fraction of sp³-hybridized carbons (Fsp3) is 0.571. The molecule has 4 heteroatoms. The summed E-state index contributed by atoms with van der Waals surface area (Å²) in [5, 5.41) is 4.04. The third-order valence-electron chi connectivity index (χ3n) is 8.26. The van der Waals surface area contributed by atoms with Gasteiger partial charge in [0, 0.05) is 16.6 Å². The number of nitrogens with one attached hydrogen (secondary N) is 1. The predicted molar refractivity (Wildman–Crippen MR) is 133 cm³/mol. The van der Waals surface area contributed by atoms with Crippen molar-refractivity contribution in [2.45, 2.75) is 78.0 Å². The smallest absolute Gasteiger partial charge is 0.162 e. The van der Waals surface area contributed by atoms with E-state index >= 15 is 0 Å². The minimum Gasteiger partial charge on any atom is -0.493 e. The van der Waals surface area contributed by atoms with Gasteiger partial charge in [0.15, 0.2) is 11.5 Å². The van der Waals surface area contributed by atoms with Gasteiger partial charge in [0.05, 0.1) is 7.11 Å². The van der Waals surface area contributed by atoms with Gasteiger partial charge in [-0.25, -0.2) is 0 Å². The zero-order chi connectivity index (χ0) is 22.6. The standard InChI is InChI=1S/C28H36BrNO2/c1-19-7-5-6-8-21(19)15-32-25-10-23(29)22(9-24(25)31-4)14-30-28-13-20-11-26(2,17-28)16-27(3,12-20)18-28/h5-10,20,30H,11-18H2,1-4H3. The maximum Gasteiger partial charge on any atom is 0.162 e. The van der Waals surface area contributed by atoms with E-state index in [1.54, 1.807) is 7.11 Å². The van der Waals surface area contributed by atoms with Crippen LogP contribution in [0.5, 0.6) is 11.5 Å². The van der Waals surface area contributed by atoms with Gasteiger partial charge in [-0.1, -0.05) is 54.0 Å². The van der Waals surface area contributed by atoms with E-state index in [2.05, 4.69) is 78.4 Å². The Balaban J connectivity index is 1.31. The van der Waals surface area contributed by atoms with E-state index in [0.29, 0.717) is 17.4 Å². The molecule has 6 rings (SSSR count). The zero-order valence-corrected chi connectivity index (χ0v) is 21.5. The second-order valence-corrected chi connectivity index (χ2v) is 12.4. The monoisotopic (exact) mass is 497 g/mol. The number of benzene rings is 2. The van der Waals surface area contributed by atoms with Crippen molar-refractivity contribution in [1.29, 1.82) is 0 Å². The molecular formula is C28H36BrNO2. The summed E-state index contributed by atoms with van der Waals surface area (Å²) in [6.07, 6.45) is 8.23. The highest BCUT2D eigenvalue weighted by Crippen LogP contribution is 2.66. The number of hydrogen-bond acceptors (Lipinski definition) is 3. The minimum atomic E-state index is 0.287. The topological polar surface area (TPSA) is 30.5 Å². The van der Waals surface area contributed by atoms with Gasteiger partial charge < -0.3 is 14.8 Å². The van der Waals surface area contributed by atoms with Gasteiger partial charge in [-0.05, 0) is 91.0 Å². The van der Waals surface area contributed by atoms with E-state index in [1.165, 1.54) is 55.2 Å². The lowest BCUT2D eigenvalue weighted by molar-refractivity contribution is -0.118. The van der Waals surface area contributed by atoms with Crippen LogP contribution in [0.15, 0.2) is 40.9 Å². The fourth-order valence-corrected chi connectivity index (χ4v) is 8.30. The van der Waals surface area contributed by atoms with Crippen LogP contribution in [0.2, 0.25) is 0 Å². The lowest BCUT2D eigenvalue weighted by Gasteiger charge is -2.65. The van der Waals surface area contributed by atoms with Crippen molar-refractivity contribution in [1.82, 2.24) is 5.32 Å². The quantitative estimate of drug-likeness (QED) is 0.439. The molecule has 4 bridgehead atoms. The molecule has 0 aromatic heterocycles. The third kappa shape index (κ3) is 4.21. The molecule has 0 aliphatic heterocycles. The van der Waals surface area contributed by atoms with Crippen molar-refractivity contribution in [3.8, 4) is 11.5 Å². The molecule has 2 aromatic rings. The molecule has 32 heavy (non-hydrogen) atoms. The molecule has 0 amide bonds. The van der Waals surface area contributed by atoms with Crippen molar-refractivity contribution in [2.24, 2.45) is 16.7 Å². The molecule has 0 heterocycles. The van der Waals surface area contributed by atoms with Gasteiger partial charge >= 0.3 is 0 Å². The normalized spacial score (nSPS) is 32.8. The van der Waals surface area contributed by atoms with E-state index in [-0.39, 0.29) is 5.54 Å². The Morgan fingerprint density at radius 2 is 1.69 bits per heavy atom. The molecular weight excluding hydrogens is 462 g/mol. The Kier molecular flexibility index (Phi) is 5.61. The summed E-state index contributed by atoms with van der Waals surface area (Å²) in [4.78, 5) is 0. The van der Waals surface area contributed by atoms with Gasteiger partial charge in [0.2, 0.25) is 0 Å². The molecule has 172 valence electrons. The molecule has 1 N–H and O–H groups in total. The highest BCUT2D eigenvalue weighted by Gasteiger charge is 2.59. The summed E-state index contributed by atoms with van der Waals surface area (Å²) in [6.45, 7) is 8.58. The number of methoxy groups -OCH3 is 1. The number of rotatable bonds is 7. The van der Waals surface area contributed by atoms with E-state index in [4.69, 9.17) is 9.47 Å². The molecule has 4 saturated carbocycles. The van der Waals surface area contributed by atoms with Gasteiger partial charge in [-0.2, -0.15) is 0 Å². The highest BCUT2D eigenvalue weighted by atomic mass is 79.9. The van der Waals surface area contributed by atoms with Crippen molar-refractivity contribution in [3.05, 3.63) is 57.6 Å². The van der Waals surface area contributed by atoms with Gasteiger partial charge in [0.1, 0.15) is 6.61 Å². The molecule has 2 atom stereocenters.